The Balaban J connectivity index is 2.48. The molecule has 13 heteroatoms. The minimum absolute atomic E-state index is 0.0944. The molecule has 0 aliphatic heterocycles. The molecule has 31 heavy (non-hydrogen) atoms. The highest BCUT2D eigenvalue weighted by molar-refractivity contribution is 5.97. The minimum Gasteiger partial charge on any atom is -0.490 e. The Morgan fingerprint density at radius 3 is 2.42 bits per heavy atom. The molecule has 1 aromatic carbocycles. The maximum absolute atomic E-state index is 13.7. The fourth-order valence-corrected chi connectivity index (χ4v) is 2.35. The zero-order valence-corrected chi connectivity index (χ0v) is 16.0. The minimum atomic E-state index is -2.60. The molecule has 0 saturated carbocycles. The van der Waals surface area contributed by atoms with Crippen LogP contribution >= 0.6 is 0 Å². The van der Waals surface area contributed by atoms with Gasteiger partial charge in [-0.2, -0.15) is 4.73 Å². The number of nitrogens with one attached hydrogen (secondary N) is 1. The lowest BCUT2D eigenvalue weighted by atomic mass is 10.1. The topological polar surface area (TPSA) is 153 Å². The van der Waals surface area contributed by atoms with Crippen molar-refractivity contribution in [2.45, 2.75) is 12.8 Å². The van der Waals surface area contributed by atoms with E-state index in [2.05, 4.69) is 14.9 Å². The number of benzene rings is 1. The van der Waals surface area contributed by atoms with Crippen LogP contribution in [0.5, 0.6) is 5.75 Å². The molecule has 2 aromatic rings. The molecule has 1 aromatic heterocycles. The highest BCUT2D eigenvalue weighted by Crippen LogP contribution is 2.16. The molecule has 11 nitrogen and oxygen atoms in total. The summed E-state index contributed by atoms with van der Waals surface area (Å²) in [6, 6.07) is 2.64. The SMILES string of the molecule is COC(=O)c1c(OC)c(=O)c(C(=O)NCc2ccc(F)cc2F)cn1OC(=O)C(O)O. The number of pyridine rings is 1. The van der Waals surface area contributed by atoms with E-state index in [4.69, 9.17) is 14.9 Å². The first-order chi connectivity index (χ1) is 14.6. The highest BCUT2D eigenvalue weighted by Gasteiger charge is 2.28. The number of ether oxygens (including phenoxy) is 2. The van der Waals surface area contributed by atoms with E-state index in [1.165, 1.54) is 0 Å². The Labute approximate surface area is 172 Å². The Morgan fingerprint density at radius 2 is 1.87 bits per heavy atom. The van der Waals surface area contributed by atoms with E-state index in [0.29, 0.717) is 17.0 Å². The summed E-state index contributed by atoms with van der Waals surface area (Å²) in [6.45, 7) is -0.444. The number of aliphatic hydroxyl groups excluding tert-OH is 1. The van der Waals surface area contributed by atoms with Crippen molar-refractivity contribution in [3.05, 3.63) is 63.1 Å². The van der Waals surface area contributed by atoms with Gasteiger partial charge in [0.1, 0.15) is 17.2 Å². The molecule has 0 aliphatic rings. The monoisotopic (exact) mass is 442 g/mol. The van der Waals surface area contributed by atoms with Crippen LogP contribution in [0.3, 0.4) is 0 Å². The van der Waals surface area contributed by atoms with Crippen molar-refractivity contribution in [1.29, 1.82) is 0 Å². The lowest BCUT2D eigenvalue weighted by Crippen LogP contribution is -2.37. The number of carbonyl (C=O) groups excluding carboxylic acids is 3. The zero-order chi connectivity index (χ0) is 23.3. The van der Waals surface area contributed by atoms with Crippen LogP contribution < -0.4 is 20.3 Å². The summed E-state index contributed by atoms with van der Waals surface area (Å²) >= 11 is 0. The third-order valence-corrected chi connectivity index (χ3v) is 3.81. The lowest BCUT2D eigenvalue weighted by molar-refractivity contribution is -0.173. The number of esters is 1. The summed E-state index contributed by atoms with van der Waals surface area (Å²) in [5.74, 6) is -6.50. The first-order valence-corrected chi connectivity index (χ1v) is 8.33. The number of aliphatic hydroxyl groups is 2. The molecular formula is C18H16F2N2O9. The summed E-state index contributed by atoms with van der Waals surface area (Å²) in [4.78, 5) is 53.2. The van der Waals surface area contributed by atoms with Crippen molar-refractivity contribution in [3.63, 3.8) is 0 Å². The van der Waals surface area contributed by atoms with Gasteiger partial charge in [-0.25, -0.2) is 18.4 Å². The second-order valence-corrected chi connectivity index (χ2v) is 5.77. The largest absolute Gasteiger partial charge is 0.490 e. The smallest absolute Gasteiger partial charge is 0.388 e. The van der Waals surface area contributed by atoms with Crippen LogP contribution in [0.4, 0.5) is 8.78 Å². The summed E-state index contributed by atoms with van der Waals surface area (Å²) < 4.78 is 36.3. The Hall–Kier alpha value is -3.84. The van der Waals surface area contributed by atoms with E-state index < -0.39 is 64.8 Å². The maximum atomic E-state index is 13.7. The molecule has 2 rings (SSSR count). The molecule has 0 spiro atoms. The normalized spacial score (nSPS) is 10.5. The molecule has 0 fully saturated rings. The van der Waals surface area contributed by atoms with Crippen LogP contribution in [0.15, 0.2) is 29.2 Å². The van der Waals surface area contributed by atoms with Gasteiger partial charge >= 0.3 is 11.9 Å². The molecular weight excluding hydrogens is 426 g/mol. The molecule has 0 saturated heterocycles. The van der Waals surface area contributed by atoms with Gasteiger partial charge in [0.2, 0.25) is 16.9 Å². The molecule has 3 N–H and O–H groups in total. The first-order valence-electron chi connectivity index (χ1n) is 8.33. The Morgan fingerprint density at radius 1 is 1.19 bits per heavy atom. The van der Waals surface area contributed by atoms with Crippen molar-refractivity contribution in [2.75, 3.05) is 14.2 Å². The summed E-state index contributed by atoms with van der Waals surface area (Å²) in [5, 5.41) is 20.0. The fourth-order valence-electron chi connectivity index (χ4n) is 2.35. The second kappa shape index (κ2) is 9.77. The van der Waals surface area contributed by atoms with E-state index in [9.17, 15) is 28.0 Å². The molecule has 166 valence electrons. The predicted molar refractivity (Wildman–Crippen MR) is 95.9 cm³/mol. The summed E-state index contributed by atoms with van der Waals surface area (Å²) in [7, 11) is 1.92. The van der Waals surface area contributed by atoms with Crippen LogP contribution in [-0.4, -0.2) is 53.3 Å². The van der Waals surface area contributed by atoms with Crippen LogP contribution in [0.1, 0.15) is 26.4 Å². The summed E-state index contributed by atoms with van der Waals surface area (Å²) in [5.41, 5.74) is -2.68. The third kappa shape index (κ3) is 5.21. The maximum Gasteiger partial charge on any atom is 0.388 e. The van der Waals surface area contributed by atoms with Crippen molar-refractivity contribution < 1.29 is 47.7 Å². The molecule has 1 amide bonds. The number of nitrogens with zero attached hydrogens (tertiary/aromatic N) is 1. The van der Waals surface area contributed by atoms with Gasteiger partial charge in [0.15, 0.2) is 0 Å². The van der Waals surface area contributed by atoms with Crippen LogP contribution in [0.2, 0.25) is 0 Å². The molecule has 0 unspecified atom stereocenters. The number of rotatable bonds is 7. The van der Waals surface area contributed by atoms with Gasteiger partial charge in [0, 0.05) is 18.2 Å². The van der Waals surface area contributed by atoms with Crippen molar-refractivity contribution >= 4 is 17.8 Å². The van der Waals surface area contributed by atoms with E-state index in [1.807, 2.05) is 0 Å². The van der Waals surface area contributed by atoms with Gasteiger partial charge < -0.3 is 29.8 Å². The second-order valence-electron chi connectivity index (χ2n) is 5.77. The number of amides is 1. The van der Waals surface area contributed by atoms with Crippen LogP contribution in [0, 0.1) is 11.6 Å². The number of aromatic nitrogens is 1. The fraction of sp³-hybridized carbons (Fsp3) is 0.222. The average Bonchev–Trinajstić information content (AvgIpc) is 2.72. The van der Waals surface area contributed by atoms with E-state index >= 15 is 0 Å². The van der Waals surface area contributed by atoms with Gasteiger partial charge in [-0.1, -0.05) is 6.07 Å². The molecule has 0 radical (unpaired) electrons. The molecule has 1 heterocycles. The standard InChI is InChI=1S/C18H16F2N2O9/c1-29-14-12(17(27)30-2)22(31-18(28)16(25)26)7-10(13(14)23)15(24)21-6-8-3-4-9(19)5-11(8)20/h3-5,7,16,25-26H,6H2,1-2H3,(H,21,24). The van der Waals surface area contributed by atoms with E-state index in [0.717, 1.165) is 26.4 Å². The average molecular weight is 442 g/mol. The number of hydrogen-bond acceptors (Lipinski definition) is 9. The van der Waals surface area contributed by atoms with Crippen molar-refractivity contribution in [1.82, 2.24) is 10.0 Å². The van der Waals surface area contributed by atoms with Crippen molar-refractivity contribution in [2.24, 2.45) is 0 Å². The third-order valence-electron chi connectivity index (χ3n) is 3.81. The van der Waals surface area contributed by atoms with Crippen LogP contribution in [-0.2, 0) is 16.1 Å². The summed E-state index contributed by atoms with van der Waals surface area (Å²) in [6.07, 6.45) is -2.00. The number of carbonyl (C=O) groups is 3. The first kappa shape index (κ1) is 23.4. The lowest BCUT2D eigenvalue weighted by Gasteiger charge is -2.16. The number of halogens is 2. The molecule has 0 aliphatic carbocycles. The Kier molecular flexibility index (Phi) is 7.39. The van der Waals surface area contributed by atoms with Gasteiger partial charge in [-0.15, -0.1) is 0 Å². The molecule has 0 atom stereocenters. The molecule has 0 bridgehead atoms. The van der Waals surface area contributed by atoms with Gasteiger partial charge in [0.25, 0.3) is 12.2 Å². The van der Waals surface area contributed by atoms with Crippen LogP contribution in [0.25, 0.3) is 0 Å². The van der Waals surface area contributed by atoms with E-state index in [1.54, 1.807) is 0 Å². The van der Waals surface area contributed by atoms with Gasteiger partial charge in [-0.05, 0) is 6.07 Å². The quantitative estimate of drug-likeness (QED) is 0.366. The number of hydrogen-bond donors (Lipinski definition) is 3. The highest BCUT2D eigenvalue weighted by atomic mass is 19.1. The van der Waals surface area contributed by atoms with Crippen molar-refractivity contribution in [3.8, 4) is 5.75 Å². The zero-order valence-electron chi connectivity index (χ0n) is 16.0. The van der Waals surface area contributed by atoms with Gasteiger partial charge in [0.05, 0.1) is 20.4 Å². The Bertz CT molecular complexity index is 1080. The van der Waals surface area contributed by atoms with Gasteiger partial charge in [-0.3, -0.25) is 9.59 Å². The van der Waals surface area contributed by atoms with E-state index in [-0.39, 0.29) is 5.56 Å². The number of methoxy groups -OCH3 is 2. The predicted octanol–water partition coefficient (Wildman–Crippen LogP) is -0.882.